The standard InChI is InChI=1S/C18H23N3O3/c1-12-9-13(2)17(24-15-3-6-19-7-4-15)14(10-12)11-21-8-5-16(22)20-18(21)23/h5,8-10,15,19H,3-4,6-7,11H2,1-2H3,(H,20,22,23). The second-order valence-corrected chi connectivity index (χ2v) is 6.38. The van der Waals surface area contributed by atoms with E-state index in [2.05, 4.69) is 16.4 Å². The maximum absolute atomic E-state index is 12.0. The first-order valence-electron chi connectivity index (χ1n) is 8.30. The van der Waals surface area contributed by atoms with Crippen LogP contribution in [0.5, 0.6) is 5.75 Å². The Morgan fingerprint density at radius 3 is 2.67 bits per heavy atom. The number of aromatic amines is 1. The van der Waals surface area contributed by atoms with E-state index in [4.69, 9.17) is 4.74 Å². The minimum atomic E-state index is -0.408. The Hall–Kier alpha value is -2.34. The molecule has 2 aromatic rings. The molecule has 0 unspecified atom stereocenters. The zero-order chi connectivity index (χ0) is 17.1. The fourth-order valence-electron chi connectivity index (χ4n) is 3.16. The van der Waals surface area contributed by atoms with Gasteiger partial charge in [-0.25, -0.2) is 4.79 Å². The van der Waals surface area contributed by atoms with Crippen LogP contribution in [0.25, 0.3) is 0 Å². The molecule has 0 aliphatic carbocycles. The number of nitrogens with zero attached hydrogens (tertiary/aromatic N) is 1. The van der Waals surface area contributed by atoms with Gasteiger partial charge in [-0.1, -0.05) is 17.7 Å². The quantitative estimate of drug-likeness (QED) is 0.887. The molecule has 1 fully saturated rings. The van der Waals surface area contributed by atoms with Crippen molar-refractivity contribution in [3.05, 3.63) is 61.9 Å². The van der Waals surface area contributed by atoms with Gasteiger partial charge in [0.15, 0.2) is 0 Å². The van der Waals surface area contributed by atoms with Gasteiger partial charge in [0.1, 0.15) is 11.9 Å². The van der Waals surface area contributed by atoms with Crippen molar-refractivity contribution in [1.29, 1.82) is 0 Å². The fraction of sp³-hybridized carbons (Fsp3) is 0.444. The van der Waals surface area contributed by atoms with Gasteiger partial charge in [-0.05, 0) is 45.3 Å². The van der Waals surface area contributed by atoms with Crippen LogP contribution in [0, 0.1) is 13.8 Å². The van der Waals surface area contributed by atoms with E-state index in [0.29, 0.717) is 6.54 Å². The molecular weight excluding hydrogens is 306 g/mol. The summed E-state index contributed by atoms with van der Waals surface area (Å²) in [5.74, 6) is 0.852. The van der Waals surface area contributed by atoms with Crippen LogP contribution in [0.2, 0.25) is 0 Å². The lowest BCUT2D eigenvalue weighted by atomic mass is 10.0. The Kier molecular flexibility index (Phi) is 4.85. The molecule has 0 bridgehead atoms. The van der Waals surface area contributed by atoms with E-state index in [1.54, 1.807) is 0 Å². The third kappa shape index (κ3) is 3.76. The maximum atomic E-state index is 12.0. The Labute approximate surface area is 140 Å². The minimum absolute atomic E-state index is 0.193. The Balaban J connectivity index is 1.93. The molecule has 0 amide bonds. The third-order valence-corrected chi connectivity index (χ3v) is 4.30. The van der Waals surface area contributed by atoms with Crippen molar-refractivity contribution in [3.63, 3.8) is 0 Å². The predicted molar refractivity (Wildman–Crippen MR) is 92.9 cm³/mol. The zero-order valence-corrected chi connectivity index (χ0v) is 14.1. The molecule has 3 rings (SSSR count). The van der Waals surface area contributed by atoms with Crippen LogP contribution in [0.3, 0.4) is 0 Å². The Morgan fingerprint density at radius 2 is 1.96 bits per heavy atom. The summed E-state index contributed by atoms with van der Waals surface area (Å²) in [5.41, 5.74) is 2.36. The van der Waals surface area contributed by atoms with E-state index in [1.165, 1.54) is 16.8 Å². The minimum Gasteiger partial charge on any atom is -0.490 e. The highest BCUT2D eigenvalue weighted by Gasteiger charge is 2.18. The molecule has 1 aliphatic heterocycles. The van der Waals surface area contributed by atoms with Crippen molar-refractivity contribution in [3.8, 4) is 5.75 Å². The molecule has 2 heterocycles. The average molecular weight is 329 g/mol. The number of ether oxygens (including phenoxy) is 1. The summed E-state index contributed by atoms with van der Waals surface area (Å²) in [6.45, 7) is 6.36. The number of aryl methyl sites for hydroxylation is 2. The molecule has 1 aliphatic rings. The van der Waals surface area contributed by atoms with Crippen LogP contribution >= 0.6 is 0 Å². The van der Waals surface area contributed by atoms with Gasteiger partial charge >= 0.3 is 5.69 Å². The third-order valence-electron chi connectivity index (χ3n) is 4.30. The molecule has 1 aromatic heterocycles. The number of hydrogen-bond donors (Lipinski definition) is 2. The lowest BCUT2D eigenvalue weighted by molar-refractivity contribution is 0.159. The van der Waals surface area contributed by atoms with E-state index < -0.39 is 5.69 Å². The van der Waals surface area contributed by atoms with Crippen LogP contribution in [-0.2, 0) is 6.54 Å². The van der Waals surface area contributed by atoms with Gasteiger partial charge in [0, 0.05) is 17.8 Å². The molecular formula is C18H23N3O3. The summed E-state index contributed by atoms with van der Waals surface area (Å²) in [4.78, 5) is 25.5. The molecule has 0 radical (unpaired) electrons. The molecule has 6 nitrogen and oxygen atoms in total. The number of H-pyrrole nitrogens is 1. The van der Waals surface area contributed by atoms with Crippen molar-refractivity contribution in [2.75, 3.05) is 13.1 Å². The van der Waals surface area contributed by atoms with Crippen LogP contribution in [0.1, 0.15) is 29.5 Å². The van der Waals surface area contributed by atoms with Crippen molar-refractivity contribution in [2.45, 2.75) is 39.3 Å². The fourth-order valence-corrected chi connectivity index (χ4v) is 3.16. The second-order valence-electron chi connectivity index (χ2n) is 6.38. The average Bonchev–Trinajstić information content (AvgIpc) is 2.54. The number of hydrogen-bond acceptors (Lipinski definition) is 4. The molecule has 0 atom stereocenters. The van der Waals surface area contributed by atoms with E-state index in [0.717, 1.165) is 48.4 Å². The Morgan fingerprint density at radius 1 is 1.21 bits per heavy atom. The smallest absolute Gasteiger partial charge is 0.328 e. The normalized spacial score (nSPS) is 15.4. The number of nitrogens with one attached hydrogen (secondary N) is 2. The van der Waals surface area contributed by atoms with Crippen LogP contribution in [0.4, 0.5) is 0 Å². The summed E-state index contributed by atoms with van der Waals surface area (Å²) in [5, 5.41) is 3.33. The van der Waals surface area contributed by atoms with Gasteiger partial charge in [0.25, 0.3) is 5.56 Å². The van der Waals surface area contributed by atoms with Gasteiger partial charge in [0.05, 0.1) is 6.54 Å². The van der Waals surface area contributed by atoms with E-state index in [9.17, 15) is 9.59 Å². The summed E-state index contributed by atoms with van der Waals surface area (Å²) in [6, 6.07) is 5.49. The lowest BCUT2D eigenvalue weighted by Gasteiger charge is -2.26. The summed E-state index contributed by atoms with van der Waals surface area (Å²) >= 11 is 0. The first-order chi connectivity index (χ1) is 11.5. The second kappa shape index (κ2) is 7.05. The monoisotopic (exact) mass is 329 g/mol. The van der Waals surface area contributed by atoms with Crippen molar-refractivity contribution in [1.82, 2.24) is 14.9 Å². The highest BCUT2D eigenvalue weighted by Crippen LogP contribution is 2.28. The van der Waals surface area contributed by atoms with E-state index in [-0.39, 0.29) is 11.7 Å². The highest BCUT2D eigenvalue weighted by molar-refractivity contribution is 5.44. The summed E-state index contributed by atoms with van der Waals surface area (Å²) in [6.07, 6.45) is 3.67. The van der Waals surface area contributed by atoms with Gasteiger partial charge in [-0.15, -0.1) is 0 Å². The van der Waals surface area contributed by atoms with Gasteiger partial charge in [-0.2, -0.15) is 0 Å². The molecule has 1 saturated heterocycles. The molecule has 24 heavy (non-hydrogen) atoms. The number of rotatable bonds is 4. The molecule has 1 aromatic carbocycles. The first kappa shape index (κ1) is 16.5. The summed E-state index contributed by atoms with van der Waals surface area (Å²) < 4.78 is 7.77. The van der Waals surface area contributed by atoms with Gasteiger partial charge in [0.2, 0.25) is 0 Å². The topological polar surface area (TPSA) is 76.1 Å². The number of aromatic nitrogens is 2. The predicted octanol–water partition coefficient (Wildman–Crippen LogP) is 1.33. The summed E-state index contributed by atoms with van der Waals surface area (Å²) in [7, 11) is 0. The zero-order valence-electron chi connectivity index (χ0n) is 14.1. The van der Waals surface area contributed by atoms with Crippen LogP contribution < -0.4 is 21.3 Å². The SMILES string of the molecule is Cc1cc(C)c(OC2CCNCC2)c(Cn2ccc(=O)[nH]c2=O)c1. The largest absolute Gasteiger partial charge is 0.490 e. The lowest BCUT2D eigenvalue weighted by Crippen LogP contribution is -2.34. The van der Waals surface area contributed by atoms with Crippen molar-refractivity contribution >= 4 is 0 Å². The van der Waals surface area contributed by atoms with Crippen LogP contribution in [-0.4, -0.2) is 28.7 Å². The van der Waals surface area contributed by atoms with E-state index >= 15 is 0 Å². The molecule has 2 N–H and O–H groups in total. The van der Waals surface area contributed by atoms with Crippen molar-refractivity contribution in [2.24, 2.45) is 0 Å². The maximum Gasteiger partial charge on any atom is 0.328 e. The van der Waals surface area contributed by atoms with Gasteiger partial charge in [-0.3, -0.25) is 14.3 Å². The number of piperidine rings is 1. The highest BCUT2D eigenvalue weighted by atomic mass is 16.5. The van der Waals surface area contributed by atoms with Gasteiger partial charge < -0.3 is 10.1 Å². The molecule has 128 valence electrons. The molecule has 0 saturated carbocycles. The number of benzene rings is 1. The van der Waals surface area contributed by atoms with E-state index in [1.807, 2.05) is 19.9 Å². The Bertz CT molecular complexity index is 832. The molecule has 6 heteroatoms. The molecule has 0 spiro atoms. The van der Waals surface area contributed by atoms with Crippen LogP contribution in [0.15, 0.2) is 34.0 Å². The van der Waals surface area contributed by atoms with Crippen molar-refractivity contribution < 1.29 is 4.74 Å². The first-order valence-corrected chi connectivity index (χ1v) is 8.30.